The summed E-state index contributed by atoms with van der Waals surface area (Å²) in [6, 6.07) is 0. The molecule has 0 atom stereocenters. The van der Waals surface area contributed by atoms with Crippen LogP contribution >= 0.6 is 0 Å². The fourth-order valence-corrected chi connectivity index (χ4v) is 2.07. The van der Waals surface area contributed by atoms with E-state index in [1.54, 1.807) is 0 Å². The van der Waals surface area contributed by atoms with Gasteiger partial charge in [0, 0.05) is 32.1 Å². The molecule has 1 aromatic rings. The number of aliphatic hydroxyl groups is 1. The Bertz CT molecular complexity index is 265. The molecule has 1 aliphatic rings. The van der Waals surface area contributed by atoms with E-state index in [0.29, 0.717) is 12.5 Å². The zero-order chi connectivity index (χ0) is 10.5. The lowest BCUT2D eigenvalue weighted by Gasteiger charge is -2.30. The van der Waals surface area contributed by atoms with Gasteiger partial charge in [0.15, 0.2) is 0 Å². The van der Waals surface area contributed by atoms with Crippen molar-refractivity contribution in [3.63, 3.8) is 0 Å². The van der Waals surface area contributed by atoms with E-state index < -0.39 is 0 Å². The third-order valence-electron chi connectivity index (χ3n) is 3.20. The first-order valence-electron chi connectivity index (χ1n) is 5.67. The predicted molar refractivity (Wildman–Crippen MR) is 58.5 cm³/mol. The Morgan fingerprint density at radius 2 is 2.07 bits per heavy atom. The van der Waals surface area contributed by atoms with Crippen LogP contribution in [0.5, 0.6) is 0 Å². The summed E-state index contributed by atoms with van der Waals surface area (Å²) in [7, 11) is 0. The molecule has 0 amide bonds. The van der Waals surface area contributed by atoms with Crippen molar-refractivity contribution in [1.82, 2.24) is 14.5 Å². The van der Waals surface area contributed by atoms with Crippen LogP contribution in [0, 0.1) is 5.92 Å². The van der Waals surface area contributed by atoms with Gasteiger partial charge in [-0.1, -0.05) is 0 Å². The second-order valence-corrected chi connectivity index (χ2v) is 4.27. The molecule has 1 saturated heterocycles. The smallest absolute Gasteiger partial charge is 0.0946 e. The Hall–Kier alpha value is -0.870. The van der Waals surface area contributed by atoms with E-state index >= 15 is 0 Å². The standard InChI is InChI=1S/C11H19N3O/c15-9-11-1-4-13(5-2-11)7-8-14-6-3-12-10-14/h3,6,10-11,15H,1-2,4-5,7-9H2. The van der Waals surface area contributed by atoms with Gasteiger partial charge in [-0.3, -0.25) is 0 Å². The number of nitrogens with zero attached hydrogens (tertiary/aromatic N) is 3. The highest BCUT2D eigenvalue weighted by molar-refractivity contribution is 4.76. The monoisotopic (exact) mass is 209 g/mol. The van der Waals surface area contributed by atoms with Gasteiger partial charge in [-0.2, -0.15) is 0 Å². The van der Waals surface area contributed by atoms with Gasteiger partial charge in [0.2, 0.25) is 0 Å². The summed E-state index contributed by atoms with van der Waals surface area (Å²) < 4.78 is 2.11. The highest BCUT2D eigenvalue weighted by Crippen LogP contribution is 2.15. The molecular weight excluding hydrogens is 190 g/mol. The van der Waals surface area contributed by atoms with Crippen molar-refractivity contribution in [1.29, 1.82) is 0 Å². The third kappa shape index (κ3) is 3.04. The van der Waals surface area contributed by atoms with Crippen LogP contribution in [-0.2, 0) is 6.54 Å². The first-order valence-corrected chi connectivity index (χ1v) is 5.67. The third-order valence-corrected chi connectivity index (χ3v) is 3.20. The molecule has 4 heteroatoms. The van der Waals surface area contributed by atoms with Crippen LogP contribution < -0.4 is 0 Å². The highest BCUT2D eigenvalue weighted by Gasteiger charge is 2.17. The lowest BCUT2D eigenvalue weighted by atomic mass is 9.98. The molecule has 0 radical (unpaired) electrons. The number of rotatable bonds is 4. The number of piperidine rings is 1. The molecule has 1 fully saturated rings. The second-order valence-electron chi connectivity index (χ2n) is 4.27. The number of hydrogen-bond acceptors (Lipinski definition) is 3. The molecule has 0 aromatic carbocycles. The number of aromatic nitrogens is 2. The maximum atomic E-state index is 9.03. The minimum atomic E-state index is 0.357. The summed E-state index contributed by atoms with van der Waals surface area (Å²) >= 11 is 0. The van der Waals surface area contributed by atoms with Crippen LogP contribution in [0.15, 0.2) is 18.7 Å². The molecule has 0 saturated carbocycles. The van der Waals surface area contributed by atoms with Crippen LogP contribution in [0.4, 0.5) is 0 Å². The van der Waals surface area contributed by atoms with Crippen LogP contribution in [0.1, 0.15) is 12.8 Å². The number of hydrogen-bond donors (Lipinski definition) is 1. The quantitative estimate of drug-likeness (QED) is 0.789. The molecule has 2 rings (SSSR count). The van der Waals surface area contributed by atoms with Gasteiger partial charge in [0.05, 0.1) is 6.33 Å². The number of imidazole rings is 1. The summed E-state index contributed by atoms with van der Waals surface area (Å²) in [4.78, 5) is 6.49. The van der Waals surface area contributed by atoms with E-state index in [9.17, 15) is 0 Å². The Morgan fingerprint density at radius 3 is 2.67 bits per heavy atom. The predicted octanol–water partition coefficient (Wildman–Crippen LogP) is 0.587. The Balaban J connectivity index is 1.69. The highest BCUT2D eigenvalue weighted by atomic mass is 16.3. The average Bonchev–Trinajstić information content (AvgIpc) is 2.80. The summed E-state index contributed by atoms with van der Waals surface area (Å²) in [6.45, 7) is 4.72. The van der Waals surface area contributed by atoms with Crippen LogP contribution in [-0.4, -0.2) is 45.8 Å². The zero-order valence-electron chi connectivity index (χ0n) is 9.05. The maximum absolute atomic E-state index is 9.03. The average molecular weight is 209 g/mol. The molecular formula is C11H19N3O. The molecule has 1 aromatic heterocycles. The van der Waals surface area contributed by atoms with E-state index in [4.69, 9.17) is 5.11 Å². The Morgan fingerprint density at radius 1 is 1.27 bits per heavy atom. The lowest BCUT2D eigenvalue weighted by molar-refractivity contribution is 0.129. The molecule has 1 aliphatic heterocycles. The van der Waals surface area contributed by atoms with Crippen molar-refractivity contribution < 1.29 is 5.11 Å². The van der Waals surface area contributed by atoms with Gasteiger partial charge in [-0.05, 0) is 31.8 Å². The van der Waals surface area contributed by atoms with Crippen molar-refractivity contribution in [3.8, 4) is 0 Å². The van der Waals surface area contributed by atoms with E-state index in [1.807, 2.05) is 18.7 Å². The molecule has 0 unspecified atom stereocenters. The summed E-state index contributed by atoms with van der Waals surface area (Å²) in [6.07, 6.45) is 7.96. The largest absolute Gasteiger partial charge is 0.396 e. The summed E-state index contributed by atoms with van der Waals surface area (Å²) in [5.41, 5.74) is 0. The Kier molecular flexibility index (Phi) is 3.75. The van der Waals surface area contributed by atoms with Gasteiger partial charge in [-0.15, -0.1) is 0 Å². The first kappa shape index (κ1) is 10.6. The molecule has 0 aliphatic carbocycles. The molecule has 2 heterocycles. The Labute approximate surface area is 90.5 Å². The van der Waals surface area contributed by atoms with Crippen LogP contribution in [0.25, 0.3) is 0 Å². The fraction of sp³-hybridized carbons (Fsp3) is 0.727. The fourth-order valence-electron chi connectivity index (χ4n) is 2.07. The van der Waals surface area contributed by atoms with Crippen molar-refractivity contribution in [3.05, 3.63) is 18.7 Å². The SMILES string of the molecule is OCC1CCN(CCn2ccnc2)CC1. The zero-order valence-corrected chi connectivity index (χ0v) is 9.05. The minimum absolute atomic E-state index is 0.357. The van der Waals surface area contributed by atoms with Gasteiger partial charge >= 0.3 is 0 Å². The van der Waals surface area contributed by atoms with E-state index in [2.05, 4.69) is 14.5 Å². The van der Waals surface area contributed by atoms with Crippen molar-refractivity contribution in [2.75, 3.05) is 26.2 Å². The lowest BCUT2D eigenvalue weighted by Crippen LogP contribution is -2.36. The van der Waals surface area contributed by atoms with Gasteiger partial charge in [-0.25, -0.2) is 4.98 Å². The van der Waals surface area contributed by atoms with Gasteiger partial charge in [0.1, 0.15) is 0 Å². The van der Waals surface area contributed by atoms with Crippen molar-refractivity contribution >= 4 is 0 Å². The number of aliphatic hydroxyl groups excluding tert-OH is 1. The van der Waals surface area contributed by atoms with E-state index in [1.165, 1.54) is 0 Å². The van der Waals surface area contributed by atoms with Gasteiger partial charge < -0.3 is 14.6 Å². The molecule has 0 bridgehead atoms. The van der Waals surface area contributed by atoms with Crippen molar-refractivity contribution in [2.45, 2.75) is 19.4 Å². The molecule has 4 nitrogen and oxygen atoms in total. The maximum Gasteiger partial charge on any atom is 0.0946 e. The minimum Gasteiger partial charge on any atom is -0.396 e. The van der Waals surface area contributed by atoms with Gasteiger partial charge in [0.25, 0.3) is 0 Å². The van der Waals surface area contributed by atoms with Crippen molar-refractivity contribution in [2.24, 2.45) is 5.92 Å². The second kappa shape index (κ2) is 5.28. The first-order chi connectivity index (χ1) is 7.38. The normalized spacial score (nSPS) is 19.5. The molecule has 84 valence electrons. The molecule has 0 spiro atoms. The molecule has 15 heavy (non-hydrogen) atoms. The van der Waals surface area contributed by atoms with Crippen LogP contribution in [0.3, 0.4) is 0 Å². The van der Waals surface area contributed by atoms with E-state index in [0.717, 1.165) is 39.0 Å². The van der Waals surface area contributed by atoms with Crippen LogP contribution in [0.2, 0.25) is 0 Å². The summed E-state index contributed by atoms with van der Waals surface area (Å²) in [5, 5.41) is 9.03. The van der Waals surface area contributed by atoms with E-state index in [-0.39, 0.29) is 0 Å². The number of likely N-dealkylation sites (tertiary alicyclic amines) is 1. The molecule has 1 N–H and O–H groups in total. The summed E-state index contributed by atoms with van der Waals surface area (Å²) in [5.74, 6) is 0.537. The topological polar surface area (TPSA) is 41.3 Å².